The summed E-state index contributed by atoms with van der Waals surface area (Å²) in [6.07, 6.45) is 8.38. The fourth-order valence-electron chi connectivity index (χ4n) is 4.07. The molecule has 2 aromatic carbocycles. The summed E-state index contributed by atoms with van der Waals surface area (Å²) in [5.74, 6) is 1.34. The second kappa shape index (κ2) is 12.4. The van der Waals surface area contributed by atoms with Crippen LogP contribution in [0.5, 0.6) is 11.6 Å². The Morgan fingerprint density at radius 1 is 0.909 bits per heavy atom. The average molecular weight is 446 g/mol. The van der Waals surface area contributed by atoms with E-state index >= 15 is 0 Å². The molecule has 1 aliphatic rings. The van der Waals surface area contributed by atoms with Crippen LogP contribution in [0.2, 0.25) is 0 Å². The topological polar surface area (TPSA) is 40.6 Å². The lowest BCUT2D eigenvalue weighted by Crippen LogP contribution is -2.26. The fourth-order valence-corrected chi connectivity index (χ4v) is 4.07. The van der Waals surface area contributed by atoms with Gasteiger partial charge in [0.1, 0.15) is 19.0 Å². The molecule has 2 heterocycles. The van der Waals surface area contributed by atoms with Gasteiger partial charge in [-0.15, -0.1) is 0 Å². The molecule has 0 spiro atoms. The van der Waals surface area contributed by atoms with Crippen LogP contribution in [-0.4, -0.2) is 24.3 Å². The van der Waals surface area contributed by atoms with Gasteiger partial charge in [0.05, 0.1) is 11.8 Å². The third-order valence-electron chi connectivity index (χ3n) is 6.03. The molecule has 4 heteroatoms. The van der Waals surface area contributed by atoms with Gasteiger partial charge >= 0.3 is 0 Å². The predicted molar refractivity (Wildman–Crippen MR) is 133 cm³/mol. The normalized spacial score (nSPS) is 15.8. The second-order valence-electron chi connectivity index (χ2n) is 8.75. The minimum absolute atomic E-state index is 0.139. The van der Waals surface area contributed by atoms with Crippen LogP contribution in [0, 0.1) is 0 Å². The Bertz CT molecular complexity index is 966. The van der Waals surface area contributed by atoms with Gasteiger partial charge in [0.15, 0.2) is 0 Å². The lowest BCUT2D eigenvalue weighted by molar-refractivity contribution is -0.0119. The summed E-state index contributed by atoms with van der Waals surface area (Å²) in [7, 11) is 0. The van der Waals surface area contributed by atoms with Gasteiger partial charge in [0.25, 0.3) is 0 Å². The zero-order chi connectivity index (χ0) is 22.7. The van der Waals surface area contributed by atoms with Gasteiger partial charge in [0.2, 0.25) is 5.88 Å². The number of aryl methyl sites for hydroxylation is 1. The fraction of sp³-hybridized carbons (Fsp3) is 0.414. The Labute approximate surface area is 197 Å². The summed E-state index contributed by atoms with van der Waals surface area (Å²) in [4.78, 5) is 4.79. The van der Waals surface area contributed by atoms with Crippen molar-refractivity contribution in [3.8, 4) is 22.9 Å². The van der Waals surface area contributed by atoms with Crippen LogP contribution in [0.3, 0.4) is 0 Å². The molecule has 4 rings (SSSR count). The molecule has 4 nitrogen and oxygen atoms in total. The lowest BCUT2D eigenvalue weighted by atomic mass is 10.0. The molecular formula is C29H35NO3. The number of benzene rings is 2. The van der Waals surface area contributed by atoms with Crippen LogP contribution < -0.4 is 9.47 Å². The van der Waals surface area contributed by atoms with E-state index in [1.165, 1.54) is 31.2 Å². The van der Waals surface area contributed by atoms with Gasteiger partial charge in [-0.05, 0) is 43.2 Å². The Hall–Kier alpha value is -2.85. The van der Waals surface area contributed by atoms with Crippen molar-refractivity contribution in [3.05, 3.63) is 77.9 Å². The molecule has 174 valence electrons. The van der Waals surface area contributed by atoms with Gasteiger partial charge in [-0.3, -0.25) is 0 Å². The number of aromatic nitrogens is 1. The summed E-state index contributed by atoms with van der Waals surface area (Å²) < 4.78 is 18.0. The predicted octanol–water partition coefficient (Wildman–Crippen LogP) is 7.01. The van der Waals surface area contributed by atoms with Crippen LogP contribution in [-0.2, 0) is 17.8 Å². The third-order valence-corrected chi connectivity index (χ3v) is 6.03. The molecular weight excluding hydrogens is 410 g/mol. The molecule has 0 aliphatic carbocycles. The second-order valence-corrected chi connectivity index (χ2v) is 8.75. The zero-order valence-corrected chi connectivity index (χ0v) is 19.7. The molecule has 1 unspecified atom stereocenters. The van der Waals surface area contributed by atoms with Gasteiger partial charge in [-0.2, -0.15) is 0 Å². The van der Waals surface area contributed by atoms with Crippen LogP contribution >= 0.6 is 0 Å². The number of nitrogens with zero attached hydrogens (tertiary/aromatic N) is 1. The monoisotopic (exact) mass is 445 g/mol. The van der Waals surface area contributed by atoms with Crippen molar-refractivity contribution in [2.24, 2.45) is 0 Å². The molecule has 1 atom stereocenters. The first-order valence-electron chi connectivity index (χ1n) is 12.3. The van der Waals surface area contributed by atoms with Crippen molar-refractivity contribution in [1.29, 1.82) is 0 Å². The summed E-state index contributed by atoms with van der Waals surface area (Å²) >= 11 is 0. The van der Waals surface area contributed by atoms with Gasteiger partial charge in [-0.1, -0.05) is 74.4 Å². The quantitative estimate of drug-likeness (QED) is 0.298. The minimum atomic E-state index is 0.139. The smallest absolute Gasteiger partial charge is 0.217 e. The van der Waals surface area contributed by atoms with E-state index in [9.17, 15) is 0 Å². The number of hydrogen-bond donors (Lipinski definition) is 0. The highest BCUT2D eigenvalue weighted by Gasteiger charge is 2.16. The summed E-state index contributed by atoms with van der Waals surface area (Å²) in [5, 5.41) is 0. The van der Waals surface area contributed by atoms with E-state index in [-0.39, 0.29) is 6.10 Å². The molecule has 0 radical (unpaired) electrons. The maximum atomic E-state index is 6.12. The van der Waals surface area contributed by atoms with Crippen LogP contribution in [0.4, 0.5) is 0 Å². The van der Waals surface area contributed by atoms with Crippen molar-refractivity contribution >= 4 is 0 Å². The molecule has 3 aromatic rings. The molecule has 0 bridgehead atoms. The molecule has 0 amide bonds. The zero-order valence-electron chi connectivity index (χ0n) is 19.7. The molecule has 1 aliphatic heterocycles. The highest BCUT2D eigenvalue weighted by Crippen LogP contribution is 2.28. The first kappa shape index (κ1) is 23.3. The Morgan fingerprint density at radius 2 is 1.76 bits per heavy atom. The van der Waals surface area contributed by atoms with Gasteiger partial charge < -0.3 is 14.2 Å². The van der Waals surface area contributed by atoms with E-state index in [4.69, 9.17) is 19.2 Å². The number of unbranched alkanes of at least 4 members (excludes halogenated alkanes) is 2. The first-order chi connectivity index (χ1) is 16.3. The molecule has 1 saturated heterocycles. The number of rotatable bonds is 11. The molecule has 0 saturated carbocycles. The number of pyridine rings is 1. The van der Waals surface area contributed by atoms with Gasteiger partial charge in [-0.25, -0.2) is 4.98 Å². The maximum absolute atomic E-state index is 6.12. The van der Waals surface area contributed by atoms with E-state index in [1.807, 2.05) is 30.3 Å². The lowest BCUT2D eigenvalue weighted by Gasteiger charge is -2.22. The third kappa shape index (κ3) is 7.33. The van der Waals surface area contributed by atoms with Crippen LogP contribution in [0.15, 0.2) is 66.7 Å². The highest BCUT2D eigenvalue weighted by molar-refractivity contribution is 5.62. The molecule has 1 aromatic heterocycles. The Balaban J connectivity index is 1.49. The highest BCUT2D eigenvalue weighted by atomic mass is 16.5. The van der Waals surface area contributed by atoms with Gasteiger partial charge in [0, 0.05) is 24.3 Å². The largest absolute Gasteiger partial charge is 0.489 e. The van der Waals surface area contributed by atoms with E-state index in [0.29, 0.717) is 19.1 Å². The Morgan fingerprint density at radius 3 is 2.52 bits per heavy atom. The summed E-state index contributed by atoms with van der Waals surface area (Å²) in [6, 6.07) is 22.8. The first-order valence-corrected chi connectivity index (χ1v) is 12.3. The van der Waals surface area contributed by atoms with Crippen molar-refractivity contribution in [3.63, 3.8) is 0 Å². The van der Waals surface area contributed by atoms with Crippen LogP contribution in [0.25, 0.3) is 11.3 Å². The van der Waals surface area contributed by atoms with Crippen LogP contribution in [0.1, 0.15) is 56.6 Å². The minimum Gasteiger partial charge on any atom is -0.489 e. The van der Waals surface area contributed by atoms with Crippen molar-refractivity contribution in [1.82, 2.24) is 4.98 Å². The average Bonchev–Trinajstić information content (AvgIpc) is 2.88. The Kier molecular flexibility index (Phi) is 8.76. The standard InChI is InChI=1S/C29H35NO3/c1-2-3-5-10-23-14-16-25(17-15-23)28-19-27(32-21-24-11-6-4-7-12-24)20-29(30-28)33-22-26-13-8-9-18-31-26/h4,6-7,11-12,14-17,19-20,26H,2-3,5,8-10,13,18,21-22H2,1H3. The number of ether oxygens (including phenoxy) is 3. The van der Waals surface area contributed by atoms with E-state index in [2.05, 4.69) is 43.3 Å². The summed E-state index contributed by atoms with van der Waals surface area (Å²) in [5.41, 5.74) is 4.43. The molecule has 1 fully saturated rings. The van der Waals surface area contributed by atoms with Crippen molar-refractivity contribution < 1.29 is 14.2 Å². The van der Waals surface area contributed by atoms with E-state index < -0.39 is 0 Å². The van der Waals surface area contributed by atoms with Crippen molar-refractivity contribution in [2.45, 2.75) is 64.6 Å². The van der Waals surface area contributed by atoms with Crippen molar-refractivity contribution in [2.75, 3.05) is 13.2 Å². The SMILES string of the molecule is CCCCCc1ccc(-c2cc(OCc3ccccc3)cc(OCC3CCCCO3)n2)cc1. The molecule has 33 heavy (non-hydrogen) atoms. The number of hydrogen-bond acceptors (Lipinski definition) is 4. The summed E-state index contributed by atoms with van der Waals surface area (Å²) in [6.45, 7) is 4.08. The van der Waals surface area contributed by atoms with E-state index in [0.717, 1.165) is 48.4 Å². The maximum Gasteiger partial charge on any atom is 0.217 e. The molecule has 0 N–H and O–H groups in total. The van der Waals surface area contributed by atoms with E-state index in [1.54, 1.807) is 0 Å².